The first-order valence-electron chi connectivity index (χ1n) is 6.54. The average molecular weight is 419 g/mol. The van der Waals surface area contributed by atoms with Crippen molar-refractivity contribution in [2.24, 2.45) is 0 Å². The van der Waals surface area contributed by atoms with Gasteiger partial charge in [-0.15, -0.1) is 0 Å². The summed E-state index contributed by atoms with van der Waals surface area (Å²) >= 11 is 6.92. The van der Waals surface area contributed by atoms with Crippen molar-refractivity contribution in [3.05, 3.63) is 68.1 Å². The third-order valence-corrected chi connectivity index (χ3v) is 4.53. The van der Waals surface area contributed by atoms with E-state index in [-0.39, 0.29) is 12.1 Å². The van der Waals surface area contributed by atoms with Crippen molar-refractivity contribution >= 4 is 31.9 Å². The Morgan fingerprint density at radius 2 is 1.57 bits per heavy atom. The van der Waals surface area contributed by atoms with Crippen molar-refractivity contribution in [1.29, 1.82) is 0 Å². The van der Waals surface area contributed by atoms with Crippen LogP contribution in [0.5, 0.6) is 0 Å². The van der Waals surface area contributed by atoms with Gasteiger partial charge in [0.15, 0.2) is 0 Å². The molecular formula is C16H15Br2F2N. The van der Waals surface area contributed by atoms with Crippen LogP contribution < -0.4 is 5.32 Å². The molecule has 0 saturated heterocycles. The smallest absolute Gasteiger partial charge is 0.128 e. The van der Waals surface area contributed by atoms with Crippen molar-refractivity contribution in [3.63, 3.8) is 0 Å². The fourth-order valence-corrected chi connectivity index (χ4v) is 3.64. The highest BCUT2D eigenvalue weighted by Gasteiger charge is 2.16. The number of halogens is 4. The van der Waals surface area contributed by atoms with Gasteiger partial charge in [-0.1, -0.05) is 37.9 Å². The summed E-state index contributed by atoms with van der Waals surface area (Å²) in [7, 11) is 0. The van der Waals surface area contributed by atoms with Crippen molar-refractivity contribution in [3.8, 4) is 0 Å². The molecule has 2 unspecified atom stereocenters. The number of rotatable bonds is 4. The van der Waals surface area contributed by atoms with Crippen molar-refractivity contribution in [2.45, 2.75) is 25.9 Å². The van der Waals surface area contributed by atoms with Crippen molar-refractivity contribution in [1.82, 2.24) is 5.32 Å². The van der Waals surface area contributed by atoms with Crippen LogP contribution in [-0.2, 0) is 0 Å². The van der Waals surface area contributed by atoms with Crippen molar-refractivity contribution < 1.29 is 8.78 Å². The molecule has 0 bridgehead atoms. The zero-order chi connectivity index (χ0) is 15.6. The van der Waals surface area contributed by atoms with E-state index in [1.165, 1.54) is 6.07 Å². The SMILES string of the molecule is CC(NC(C)c1ccc(Br)cc1Br)c1cc(F)ccc1F. The summed E-state index contributed by atoms with van der Waals surface area (Å²) in [5.74, 6) is -0.837. The predicted molar refractivity (Wildman–Crippen MR) is 88.2 cm³/mol. The normalized spacial score (nSPS) is 14.0. The van der Waals surface area contributed by atoms with Gasteiger partial charge in [-0.2, -0.15) is 0 Å². The number of benzene rings is 2. The van der Waals surface area contributed by atoms with E-state index in [1.807, 2.05) is 32.0 Å². The van der Waals surface area contributed by atoms with Crippen LogP contribution in [0.15, 0.2) is 45.3 Å². The molecule has 0 saturated carbocycles. The summed E-state index contributed by atoms with van der Waals surface area (Å²) in [6, 6.07) is 9.10. The second kappa shape index (κ2) is 6.99. The van der Waals surface area contributed by atoms with Gasteiger partial charge in [0, 0.05) is 26.6 Å². The van der Waals surface area contributed by atoms with E-state index < -0.39 is 11.6 Å². The quantitative estimate of drug-likeness (QED) is 0.651. The molecule has 0 radical (unpaired) electrons. The molecule has 2 atom stereocenters. The zero-order valence-electron chi connectivity index (χ0n) is 11.6. The third-order valence-electron chi connectivity index (χ3n) is 3.35. The molecule has 0 aliphatic carbocycles. The van der Waals surface area contributed by atoms with Crippen LogP contribution in [0.2, 0.25) is 0 Å². The largest absolute Gasteiger partial charge is 0.304 e. The van der Waals surface area contributed by atoms with E-state index >= 15 is 0 Å². The highest BCUT2D eigenvalue weighted by atomic mass is 79.9. The molecule has 1 N–H and O–H groups in total. The molecule has 0 heterocycles. The Kier molecular flexibility index (Phi) is 5.52. The minimum absolute atomic E-state index is 0.00913. The fraction of sp³-hybridized carbons (Fsp3) is 0.250. The van der Waals surface area contributed by atoms with E-state index in [4.69, 9.17) is 0 Å². The third kappa shape index (κ3) is 4.11. The van der Waals surface area contributed by atoms with E-state index in [1.54, 1.807) is 0 Å². The van der Waals surface area contributed by atoms with E-state index in [0.717, 1.165) is 26.6 Å². The molecule has 0 aliphatic rings. The Labute approximate surface area is 140 Å². The van der Waals surface area contributed by atoms with Gasteiger partial charge in [-0.25, -0.2) is 8.78 Å². The first-order chi connectivity index (χ1) is 9.88. The summed E-state index contributed by atoms with van der Waals surface area (Å²) in [5, 5.41) is 3.29. The molecule has 112 valence electrons. The Balaban J connectivity index is 2.18. The molecule has 5 heteroatoms. The molecule has 2 rings (SSSR count). The summed E-state index contributed by atoms with van der Waals surface area (Å²) < 4.78 is 29.0. The summed E-state index contributed by atoms with van der Waals surface area (Å²) in [6.07, 6.45) is 0. The monoisotopic (exact) mass is 417 g/mol. The van der Waals surface area contributed by atoms with Crippen LogP contribution in [-0.4, -0.2) is 0 Å². The maximum Gasteiger partial charge on any atom is 0.128 e. The number of hydrogen-bond donors (Lipinski definition) is 1. The fourth-order valence-electron chi connectivity index (χ4n) is 2.25. The minimum atomic E-state index is -0.433. The van der Waals surface area contributed by atoms with Gasteiger partial charge in [0.25, 0.3) is 0 Å². The number of hydrogen-bond acceptors (Lipinski definition) is 1. The molecule has 1 nitrogen and oxygen atoms in total. The molecule has 21 heavy (non-hydrogen) atoms. The topological polar surface area (TPSA) is 12.0 Å². The second-order valence-electron chi connectivity index (χ2n) is 4.94. The van der Waals surface area contributed by atoms with Gasteiger partial charge < -0.3 is 5.32 Å². The van der Waals surface area contributed by atoms with Crippen LogP contribution in [0.3, 0.4) is 0 Å². The standard InChI is InChI=1S/C16H15Br2F2N/c1-9(13-5-3-11(17)7-15(13)18)21-10(2)14-8-12(19)4-6-16(14)20/h3-10,21H,1-2H3. The first kappa shape index (κ1) is 16.6. The van der Waals surface area contributed by atoms with Gasteiger partial charge in [-0.05, 0) is 49.7 Å². The van der Waals surface area contributed by atoms with Crippen molar-refractivity contribution in [2.75, 3.05) is 0 Å². The molecule has 0 fully saturated rings. The number of nitrogens with one attached hydrogen (secondary N) is 1. The Hall–Kier alpha value is -0.780. The molecule has 2 aromatic carbocycles. The van der Waals surface area contributed by atoms with Gasteiger partial charge in [0.2, 0.25) is 0 Å². The lowest BCUT2D eigenvalue weighted by atomic mass is 10.0. The molecule has 0 aromatic heterocycles. The molecule has 0 spiro atoms. The molecule has 2 aromatic rings. The zero-order valence-corrected chi connectivity index (χ0v) is 14.8. The van der Waals surface area contributed by atoms with Crippen LogP contribution in [0.4, 0.5) is 8.78 Å². The van der Waals surface area contributed by atoms with Gasteiger partial charge in [0.05, 0.1) is 0 Å². The van der Waals surface area contributed by atoms with Gasteiger partial charge in [0.1, 0.15) is 11.6 Å². The second-order valence-corrected chi connectivity index (χ2v) is 6.71. The Morgan fingerprint density at radius 1 is 0.905 bits per heavy atom. The van der Waals surface area contributed by atoms with E-state index in [9.17, 15) is 8.78 Å². The predicted octanol–water partition coefficient (Wildman–Crippen LogP) is 5.90. The summed E-state index contributed by atoms with van der Waals surface area (Å²) in [4.78, 5) is 0. The lowest BCUT2D eigenvalue weighted by molar-refractivity contribution is 0.469. The average Bonchev–Trinajstić information content (AvgIpc) is 2.41. The molecule has 0 amide bonds. The highest BCUT2D eigenvalue weighted by molar-refractivity contribution is 9.11. The Bertz CT molecular complexity index is 646. The summed E-state index contributed by atoms with van der Waals surface area (Å²) in [5.41, 5.74) is 1.39. The van der Waals surface area contributed by atoms with Gasteiger partial charge in [-0.3, -0.25) is 0 Å². The first-order valence-corrected chi connectivity index (χ1v) is 8.13. The van der Waals surface area contributed by atoms with E-state index in [0.29, 0.717) is 5.56 Å². The summed E-state index contributed by atoms with van der Waals surface area (Å²) in [6.45, 7) is 3.81. The minimum Gasteiger partial charge on any atom is -0.304 e. The lowest BCUT2D eigenvalue weighted by Gasteiger charge is -2.22. The maximum atomic E-state index is 13.8. The van der Waals surface area contributed by atoms with Crippen LogP contribution >= 0.6 is 31.9 Å². The van der Waals surface area contributed by atoms with Gasteiger partial charge >= 0.3 is 0 Å². The molecule has 0 aliphatic heterocycles. The van der Waals surface area contributed by atoms with Crippen LogP contribution in [0.25, 0.3) is 0 Å². The lowest BCUT2D eigenvalue weighted by Crippen LogP contribution is -2.23. The van der Waals surface area contributed by atoms with Crippen LogP contribution in [0.1, 0.15) is 37.1 Å². The highest BCUT2D eigenvalue weighted by Crippen LogP contribution is 2.29. The Morgan fingerprint density at radius 3 is 2.24 bits per heavy atom. The van der Waals surface area contributed by atoms with E-state index in [2.05, 4.69) is 37.2 Å². The van der Waals surface area contributed by atoms with Crippen LogP contribution in [0, 0.1) is 11.6 Å². The molecular weight excluding hydrogens is 404 g/mol. The maximum absolute atomic E-state index is 13.8.